The molecule has 0 unspecified atom stereocenters. The largest absolute Gasteiger partial charge is 0.508 e. The van der Waals surface area contributed by atoms with Crippen LogP contribution in [0.2, 0.25) is 0 Å². The predicted molar refractivity (Wildman–Crippen MR) is 128 cm³/mol. The third-order valence-corrected chi connectivity index (χ3v) is 6.50. The molecule has 2 aliphatic heterocycles. The maximum Gasteiger partial charge on any atom is 0.239 e. The Morgan fingerprint density at radius 2 is 1.62 bits per heavy atom. The molecule has 2 aromatic carbocycles. The van der Waals surface area contributed by atoms with E-state index in [1.807, 2.05) is 0 Å². The molecule has 0 radical (unpaired) electrons. The number of hydrogen-bond acceptors (Lipinski definition) is 14. The monoisotopic (exact) mass is 550 g/mol. The van der Waals surface area contributed by atoms with Gasteiger partial charge in [-0.05, 0) is 24.3 Å². The van der Waals surface area contributed by atoms with Crippen molar-refractivity contribution in [1.82, 2.24) is 0 Å². The average Bonchev–Trinajstić information content (AvgIpc) is 3.19. The molecule has 0 bridgehead atoms. The number of phenols is 3. The highest BCUT2D eigenvalue weighted by molar-refractivity contribution is 5.88. The van der Waals surface area contributed by atoms with Crippen molar-refractivity contribution in [3.05, 3.63) is 46.6 Å². The second-order valence-corrected chi connectivity index (χ2v) is 9.16. The van der Waals surface area contributed by atoms with Gasteiger partial charge in [-0.3, -0.25) is 4.79 Å². The van der Waals surface area contributed by atoms with Crippen LogP contribution in [0.15, 0.2) is 45.6 Å². The Morgan fingerprint density at radius 3 is 2.31 bits per heavy atom. The highest BCUT2D eigenvalue weighted by Gasteiger charge is 2.50. The summed E-state index contributed by atoms with van der Waals surface area (Å²) < 4.78 is 28.1. The van der Waals surface area contributed by atoms with Crippen LogP contribution in [0.3, 0.4) is 0 Å². The van der Waals surface area contributed by atoms with Crippen LogP contribution in [0.1, 0.15) is 0 Å². The number of fused-ring (bicyclic) bond motifs is 1. The molecule has 210 valence electrons. The normalized spacial score (nSPS) is 31.0. The summed E-state index contributed by atoms with van der Waals surface area (Å²) >= 11 is 0. The lowest BCUT2D eigenvalue weighted by molar-refractivity contribution is -0.298. The zero-order valence-corrected chi connectivity index (χ0v) is 20.0. The van der Waals surface area contributed by atoms with Crippen LogP contribution in [-0.4, -0.2) is 103 Å². The number of hydrogen-bond donors (Lipinski definition) is 8. The van der Waals surface area contributed by atoms with Crippen molar-refractivity contribution in [3.63, 3.8) is 0 Å². The molecule has 2 fully saturated rings. The minimum absolute atomic E-state index is 0.0838. The zero-order chi connectivity index (χ0) is 28.0. The molecule has 0 aliphatic carbocycles. The fourth-order valence-electron chi connectivity index (χ4n) is 4.44. The quantitative estimate of drug-likeness (QED) is 0.181. The molecule has 5 rings (SSSR count). The van der Waals surface area contributed by atoms with E-state index >= 15 is 0 Å². The van der Waals surface area contributed by atoms with Crippen LogP contribution in [0.4, 0.5) is 0 Å². The van der Waals surface area contributed by atoms with Gasteiger partial charge in [0.1, 0.15) is 58.7 Å². The molecule has 3 heterocycles. The second kappa shape index (κ2) is 10.6. The number of phenolic OH excluding ortho intramolecular Hbond substituents is 3. The summed E-state index contributed by atoms with van der Waals surface area (Å²) in [6.07, 6.45) is -12.2. The summed E-state index contributed by atoms with van der Waals surface area (Å²) in [6.45, 7) is -1.08. The molecule has 8 N–H and O–H groups in total. The summed E-state index contributed by atoms with van der Waals surface area (Å²) in [5.74, 6) is -1.79. The van der Waals surface area contributed by atoms with E-state index in [9.17, 15) is 45.6 Å². The first-order chi connectivity index (χ1) is 18.6. The van der Waals surface area contributed by atoms with E-state index in [2.05, 4.69) is 0 Å². The van der Waals surface area contributed by atoms with Crippen molar-refractivity contribution in [1.29, 1.82) is 0 Å². The smallest absolute Gasteiger partial charge is 0.239 e. The molecule has 0 spiro atoms. The number of aliphatic hydroxyl groups is 5. The van der Waals surface area contributed by atoms with E-state index in [4.69, 9.17) is 23.4 Å². The molecule has 2 aliphatic rings. The van der Waals surface area contributed by atoms with Crippen molar-refractivity contribution in [3.8, 4) is 34.3 Å². The maximum absolute atomic E-state index is 13.6. The molecule has 0 amide bonds. The number of benzene rings is 2. The lowest BCUT2D eigenvalue weighted by Crippen LogP contribution is -2.56. The van der Waals surface area contributed by atoms with Crippen LogP contribution < -0.4 is 10.2 Å². The fourth-order valence-corrected chi connectivity index (χ4v) is 4.44. The van der Waals surface area contributed by atoms with Gasteiger partial charge in [-0.25, -0.2) is 0 Å². The van der Waals surface area contributed by atoms with Gasteiger partial charge in [-0.15, -0.1) is 0 Å². The van der Waals surface area contributed by atoms with Gasteiger partial charge in [0.15, 0.2) is 18.2 Å². The first-order valence-corrected chi connectivity index (χ1v) is 11.8. The maximum atomic E-state index is 13.6. The Labute approximate surface area is 219 Å². The first-order valence-electron chi connectivity index (χ1n) is 11.8. The van der Waals surface area contributed by atoms with Gasteiger partial charge in [-0.1, -0.05) is 0 Å². The van der Waals surface area contributed by atoms with Crippen molar-refractivity contribution >= 4 is 11.0 Å². The Kier molecular flexibility index (Phi) is 7.37. The number of aromatic hydroxyl groups is 3. The van der Waals surface area contributed by atoms with Crippen LogP contribution >= 0.6 is 0 Å². The van der Waals surface area contributed by atoms with Crippen molar-refractivity contribution in [2.24, 2.45) is 0 Å². The average molecular weight is 550 g/mol. The minimum Gasteiger partial charge on any atom is -0.508 e. The summed E-state index contributed by atoms with van der Waals surface area (Å²) in [5, 5.41) is 80.0. The Bertz CT molecular complexity index is 1390. The number of rotatable bonds is 6. The van der Waals surface area contributed by atoms with Crippen LogP contribution in [-0.2, 0) is 14.2 Å². The van der Waals surface area contributed by atoms with E-state index in [0.717, 1.165) is 12.1 Å². The Morgan fingerprint density at radius 1 is 0.897 bits per heavy atom. The van der Waals surface area contributed by atoms with E-state index in [1.165, 1.54) is 24.3 Å². The Hall–Kier alpha value is -3.47. The molecule has 8 atom stereocenters. The van der Waals surface area contributed by atoms with Crippen LogP contribution in [0.5, 0.6) is 23.0 Å². The van der Waals surface area contributed by atoms with Gasteiger partial charge < -0.3 is 64.2 Å². The first kappa shape index (κ1) is 27.1. The molecule has 14 heteroatoms. The summed E-state index contributed by atoms with van der Waals surface area (Å²) in [7, 11) is 0. The van der Waals surface area contributed by atoms with Gasteiger partial charge in [0, 0.05) is 17.7 Å². The molecule has 14 nitrogen and oxygen atoms in total. The van der Waals surface area contributed by atoms with E-state index < -0.39 is 79.3 Å². The molecule has 39 heavy (non-hydrogen) atoms. The molecule has 0 saturated carbocycles. The molecule has 1 aromatic heterocycles. The molecular weight excluding hydrogens is 524 g/mol. The van der Waals surface area contributed by atoms with E-state index in [-0.39, 0.29) is 33.8 Å². The van der Waals surface area contributed by atoms with Gasteiger partial charge in [0.25, 0.3) is 0 Å². The van der Waals surface area contributed by atoms with Gasteiger partial charge >= 0.3 is 0 Å². The van der Waals surface area contributed by atoms with Gasteiger partial charge in [0.05, 0.1) is 13.2 Å². The number of ether oxygens (including phenoxy) is 4. The number of aliphatic hydroxyl groups excluding tert-OH is 5. The zero-order valence-electron chi connectivity index (χ0n) is 20.0. The standard InChI is InChI=1S/C25H26O14/c26-7-15-18(32)23(39-24-20(34)17(31)13(30)8-35-24)25(37-15)38-22-19(33)16-12(29)5-11(28)6-14(16)36-21(22)9-1-3-10(27)4-2-9/h1-6,13,15,17-18,20,23-32,34H,7-8H2/t13-,15+,17-,18-,20-,23+,24+,25+/m1/s1. The SMILES string of the molecule is O=c1c(O[C@@H]2O[C@@H](CO)[C@@H](O)[C@@H]2O[C@@H]2OC[C@@H](O)[C@@H](O)[C@H]2O)c(-c2ccc(O)cc2)oc2cc(O)cc(O)c12. The Balaban J connectivity index is 1.57. The molecular formula is C25H26O14. The van der Waals surface area contributed by atoms with Gasteiger partial charge in [0.2, 0.25) is 17.5 Å². The summed E-state index contributed by atoms with van der Waals surface area (Å²) in [4.78, 5) is 13.6. The minimum atomic E-state index is -1.72. The van der Waals surface area contributed by atoms with E-state index in [1.54, 1.807) is 0 Å². The lowest BCUT2D eigenvalue weighted by Gasteiger charge is -2.37. The van der Waals surface area contributed by atoms with Crippen molar-refractivity contribution in [2.45, 2.75) is 49.2 Å². The highest BCUT2D eigenvalue weighted by Crippen LogP contribution is 2.38. The van der Waals surface area contributed by atoms with Crippen LogP contribution in [0.25, 0.3) is 22.3 Å². The molecule has 3 aromatic rings. The lowest BCUT2D eigenvalue weighted by atomic mass is 10.1. The van der Waals surface area contributed by atoms with Crippen molar-refractivity contribution in [2.75, 3.05) is 13.2 Å². The van der Waals surface area contributed by atoms with Crippen molar-refractivity contribution < 1.29 is 64.2 Å². The van der Waals surface area contributed by atoms with E-state index in [0.29, 0.717) is 0 Å². The topological polar surface area (TPSA) is 229 Å². The fraction of sp³-hybridized carbons (Fsp3) is 0.400. The third kappa shape index (κ3) is 4.99. The third-order valence-electron chi connectivity index (χ3n) is 6.50. The van der Waals surface area contributed by atoms with Crippen LogP contribution in [0, 0.1) is 0 Å². The predicted octanol–water partition coefficient (Wildman–Crippen LogP) is -1.14. The summed E-state index contributed by atoms with van der Waals surface area (Å²) in [5.41, 5.74) is -0.844. The van der Waals surface area contributed by atoms with Gasteiger partial charge in [-0.2, -0.15) is 0 Å². The second-order valence-electron chi connectivity index (χ2n) is 9.16. The summed E-state index contributed by atoms with van der Waals surface area (Å²) in [6, 6.07) is 7.47. The highest BCUT2D eigenvalue weighted by atomic mass is 16.8. The molecule has 2 saturated heterocycles.